The second-order valence-electron chi connectivity index (χ2n) is 9.22. The lowest BCUT2D eigenvalue weighted by atomic mass is 9.86. The molecule has 8 rings (SSSR count). The third kappa shape index (κ3) is 3.48. The normalized spacial score (nSPS) is 15.5. The van der Waals surface area contributed by atoms with Crippen LogP contribution in [-0.2, 0) is 0 Å². The van der Waals surface area contributed by atoms with Gasteiger partial charge in [-0.1, -0.05) is 127 Å². The Bertz CT molecular complexity index is 2680. The molecule has 1 nitrogen and oxygen atoms in total. The number of hydrogen-bond donors (Lipinski definition) is 0. The highest BCUT2D eigenvalue weighted by Gasteiger charge is 2.16. The maximum Gasteiger partial charge on any atom is 0.136 e. The fourth-order valence-electron chi connectivity index (χ4n) is 5.30. The van der Waals surface area contributed by atoms with Crippen molar-refractivity contribution in [3.63, 3.8) is 0 Å². The summed E-state index contributed by atoms with van der Waals surface area (Å²) >= 11 is 0. The number of hydrogen-bond acceptors (Lipinski definition) is 1. The molecule has 1 aromatic heterocycles. The van der Waals surface area contributed by atoms with Gasteiger partial charge < -0.3 is 4.42 Å². The maximum absolute atomic E-state index is 9.30. The molecule has 0 N–H and O–H groups in total. The average Bonchev–Trinajstić information content (AvgIpc) is 3.54. The summed E-state index contributed by atoms with van der Waals surface area (Å²) in [4.78, 5) is 0. The molecule has 0 fully saturated rings. The maximum atomic E-state index is 9.30. The van der Waals surface area contributed by atoms with E-state index < -0.39 is 66.5 Å². The SMILES string of the molecule is [2H]c1c([2H])c(-c2c3ccccc3c(-c3ccccc3)c3ccccc23)c([2H])c([2H])c1-c1c([2H])c([2H])c2c(oc3c([2H])c([2H])c([2H])c([2H])c32)c1[2H]. The minimum absolute atomic E-state index is 0.0494. The standard InChI is InChI=1S/C38H24O/c1-2-10-26(11-3-1)37-31-13-4-6-15-33(31)38(34-16-7-5-14-32(34)37)27-20-18-25(19-21-27)28-22-23-30-29-12-8-9-17-35(29)39-36(30)24-28/h1-24H/i8D,9D,12D,17D,18D,19D,20D,21D,22D,23D,24D. The van der Waals surface area contributed by atoms with Gasteiger partial charge in [-0.3, -0.25) is 0 Å². The van der Waals surface area contributed by atoms with E-state index in [-0.39, 0.29) is 38.6 Å². The van der Waals surface area contributed by atoms with Crippen molar-refractivity contribution in [3.05, 3.63) is 145 Å². The summed E-state index contributed by atoms with van der Waals surface area (Å²) in [7, 11) is 0. The summed E-state index contributed by atoms with van der Waals surface area (Å²) in [6.45, 7) is 0. The van der Waals surface area contributed by atoms with Gasteiger partial charge in [0, 0.05) is 10.8 Å². The van der Waals surface area contributed by atoms with Crippen molar-refractivity contribution in [3.8, 4) is 33.4 Å². The molecule has 182 valence electrons. The lowest BCUT2D eigenvalue weighted by molar-refractivity contribution is 0.669. The molecule has 0 amide bonds. The molecule has 0 unspecified atom stereocenters. The Hall–Kier alpha value is -5.14. The first kappa shape index (κ1) is 13.6. The van der Waals surface area contributed by atoms with Gasteiger partial charge >= 0.3 is 0 Å². The Labute approximate surface area is 242 Å². The molecule has 0 aliphatic carbocycles. The molecule has 0 saturated carbocycles. The van der Waals surface area contributed by atoms with Gasteiger partial charge in [-0.05, 0) is 73.1 Å². The first-order valence-electron chi connectivity index (χ1n) is 18.0. The summed E-state index contributed by atoms with van der Waals surface area (Å²) in [6, 6.07) is 19.6. The van der Waals surface area contributed by atoms with Gasteiger partial charge in [0.05, 0.1) is 15.1 Å². The largest absolute Gasteiger partial charge is 0.456 e. The van der Waals surface area contributed by atoms with Crippen molar-refractivity contribution in [2.75, 3.05) is 0 Å². The second kappa shape index (κ2) is 8.72. The van der Waals surface area contributed by atoms with E-state index >= 15 is 0 Å². The lowest BCUT2D eigenvalue weighted by Crippen LogP contribution is -1.90. The highest BCUT2D eigenvalue weighted by atomic mass is 16.3. The summed E-state index contributed by atoms with van der Waals surface area (Å²) < 4.78 is 103. The predicted octanol–water partition coefficient (Wildman–Crippen LogP) is 10.9. The summed E-state index contributed by atoms with van der Waals surface area (Å²) in [5.74, 6) is 0. The van der Waals surface area contributed by atoms with Crippen LogP contribution in [-0.4, -0.2) is 0 Å². The Morgan fingerprint density at radius 3 is 1.56 bits per heavy atom. The molecule has 0 atom stereocenters. The third-order valence-electron chi connectivity index (χ3n) is 7.00. The first-order valence-corrected chi connectivity index (χ1v) is 12.5. The molecule has 1 heterocycles. The molecule has 0 saturated heterocycles. The molecule has 0 aliphatic rings. The Morgan fingerprint density at radius 2 is 0.897 bits per heavy atom. The van der Waals surface area contributed by atoms with Crippen molar-refractivity contribution >= 4 is 43.5 Å². The second-order valence-corrected chi connectivity index (χ2v) is 9.22. The van der Waals surface area contributed by atoms with E-state index in [4.69, 9.17) is 14.0 Å². The van der Waals surface area contributed by atoms with Gasteiger partial charge in [0.2, 0.25) is 0 Å². The highest BCUT2D eigenvalue weighted by molar-refractivity contribution is 6.21. The quantitative estimate of drug-likeness (QED) is 0.217. The van der Waals surface area contributed by atoms with E-state index in [1.54, 1.807) is 0 Å². The van der Waals surface area contributed by atoms with Crippen LogP contribution < -0.4 is 0 Å². The number of rotatable bonds is 3. The molecular formula is C38H24O. The molecule has 7 aromatic carbocycles. The van der Waals surface area contributed by atoms with Crippen molar-refractivity contribution in [1.82, 2.24) is 0 Å². The summed E-state index contributed by atoms with van der Waals surface area (Å²) in [5.41, 5.74) is 1.19. The molecular weight excluding hydrogens is 472 g/mol. The van der Waals surface area contributed by atoms with Crippen LogP contribution >= 0.6 is 0 Å². The van der Waals surface area contributed by atoms with Crippen LogP contribution in [0.4, 0.5) is 0 Å². The molecule has 0 aliphatic heterocycles. The van der Waals surface area contributed by atoms with Crippen LogP contribution in [0, 0.1) is 0 Å². The zero-order valence-corrected chi connectivity index (χ0v) is 20.4. The van der Waals surface area contributed by atoms with Crippen molar-refractivity contribution in [2.24, 2.45) is 0 Å². The van der Waals surface area contributed by atoms with Gasteiger partial charge in [-0.2, -0.15) is 0 Å². The van der Waals surface area contributed by atoms with Gasteiger partial charge in [0.1, 0.15) is 11.2 Å². The Morgan fingerprint density at radius 1 is 0.385 bits per heavy atom. The van der Waals surface area contributed by atoms with E-state index in [0.29, 0.717) is 5.56 Å². The minimum atomic E-state index is -0.589. The van der Waals surface area contributed by atoms with E-state index in [2.05, 4.69) is 0 Å². The smallest absolute Gasteiger partial charge is 0.136 e. The Kier molecular flexibility index (Phi) is 3.04. The molecule has 8 aromatic rings. The molecule has 39 heavy (non-hydrogen) atoms. The zero-order valence-electron chi connectivity index (χ0n) is 31.4. The van der Waals surface area contributed by atoms with Gasteiger partial charge in [0.15, 0.2) is 0 Å². The van der Waals surface area contributed by atoms with Crippen molar-refractivity contribution < 1.29 is 19.5 Å². The van der Waals surface area contributed by atoms with E-state index in [9.17, 15) is 5.48 Å². The van der Waals surface area contributed by atoms with Crippen LogP contribution in [0.15, 0.2) is 150 Å². The van der Waals surface area contributed by atoms with Crippen molar-refractivity contribution in [2.45, 2.75) is 0 Å². The lowest BCUT2D eigenvalue weighted by Gasteiger charge is -2.18. The number of benzene rings is 7. The third-order valence-corrected chi connectivity index (χ3v) is 7.00. The molecule has 0 radical (unpaired) electrons. The molecule has 0 spiro atoms. The van der Waals surface area contributed by atoms with Gasteiger partial charge in [0.25, 0.3) is 0 Å². The predicted molar refractivity (Wildman–Crippen MR) is 165 cm³/mol. The number of fused-ring (bicyclic) bond motifs is 5. The fourth-order valence-corrected chi connectivity index (χ4v) is 5.30. The topological polar surface area (TPSA) is 13.1 Å². The number of furan rings is 1. The van der Waals surface area contributed by atoms with Crippen LogP contribution in [0.3, 0.4) is 0 Å². The van der Waals surface area contributed by atoms with E-state index in [1.807, 2.05) is 78.9 Å². The average molecular weight is 508 g/mol. The minimum Gasteiger partial charge on any atom is -0.456 e. The molecule has 0 bridgehead atoms. The summed E-state index contributed by atoms with van der Waals surface area (Å²) in [6.07, 6.45) is 0. The zero-order chi connectivity index (χ0) is 35.3. The van der Waals surface area contributed by atoms with Crippen LogP contribution in [0.2, 0.25) is 0 Å². The molecule has 1 heteroatoms. The van der Waals surface area contributed by atoms with Crippen LogP contribution in [0.25, 0.3) is 76.9 Å². The monoisotopic (exact) mass is 507 g/mol. The fraction of sp³-hybridized carbons (Fsp3) is 0. The first-order chi connectivity index (χ1) is 24.0. The van der Waals surface area contributed by atoms with Crippen LogP contribution in [0.5, 0.6) is 0 Å². The van der Waals surface area contributed by atoms with Crippen LogP contribution in [0.1, 0.15) is 15.1 Å². The van der Waals surface area contributed by atoms with E-state index in [0.717, 1.165) is 32.7 Å². The van der Waals surface area contributed by atoms with Gasteiger partial charge in [-0.25, -0.2) is 0 Å². The van der Waals surface area contributed by atoms with Gasteiger partial charge in [-0.15, -0.1) is 0 Å². The summed E-state index contributed by atoms with van der Waals surface area (Å²) in [5, 5.41) is 2.86. The van der Waals surface area contributed by atoms with Crippen molar-refractivity contribution in [1.29, 1.82) is 0 Å². The Balaban J connectivity index is 1.46. The highest BCUT2D eigenvalue weighted by Crippen LogP contribution is 2.43. The van der Waals surface area contributed by atoms with E-state index in [1.165, 1.54) is 0 Å². The number of para-hydroxylation sites is 1.